The van der Waals surface area contributed by atoms with Gasteiger partial charge < -0.3 is 29.7 Å². The fourth-order valence-corrected chi connectivity index (χ4v) is 4.34. The minimum absolute atomic E-state index is 0.0695. The molecule has 0 bridgehead atoms. The number of carbonyl (C=O) groups is 1. The number of amides is 1. The Labute approximate surface area is 184 Å². The fourth-order valence-electron chi connectivity index (χ4n) is 4.34. The Kier molecular flexibility index (Phi) is 7.77. The SMILES string of the molecule is CCNC(=NCc1cccc(NC(=O)C2CCCO2)c1)N1CCOC(C2CCCO2)C1. The number of hydrogen-bond donors (Lipinski definition) is 2. The van der Waals surface area contributed by atoms with Crippen LogP contribution in [0.15, 0.2) is 29.3 Å². The zero-order chi connectivity index (χ0) is 21.5. The van der Waals surface area contributed by atoms with Crippen LogP contribution in [0.3, 0.4) is 0 Å². The number of benzene rings is 1. The number of nitrogens with one attached hydrogen (secondary N) is 2. The standard InChI is InChI=1S/C23H34N4O4/c1-2-24-23(27-10-13-31-21(16-27)19-8-4-11-29-19)25-15-17-6-3-7-18(14-17)26-22(28)20-9-5-12-30-20/h3,6-7,14,19-21H,2,4-5,8-13,15-16H2,1H3,(H,24,25)(H,26,28). The maximum Gasteiger partial charge on any atom is 0.253 e. The van der Waals surface area contributed by atoms with Crippen LogP contribution >= 0.6 is 0 Å². The van der Waals surface area contributed by atoms with Gasteiger partial charge in [0.05, 0.1) is 19.3 Å². The Morgan fingerprint density at radius 1 is 1.13 bits per heavy atom. The maximum atomic E-state index is 12.3. The Morgan fingerprint density at radius 3 is 2.74 bits per heavy atom. The zero-order valence-corrected chi connectivity index (χ0v) is 18.3. The summed E-state index contributed by atoms with van der Waals surface area (Å²) in [6.07, 6.45) is 3.85. The summed E-state index contributed by atoms with van der Waals surface area (Å²) in [5.41, 5.74) is 1.83. The van der Waals surface area contributed by atoms with Gasteiger partial charge >= 0.3 is 0 Å². The van der Waals surface area contributed by atoms with E-state index in [0.717, 1.165) is 69.1 Å². The van der Waals surface area contributed by atoms with Crippen molar-refractivity contribution in [3.05, 3.63) is 29.8 Å². The third kappa shape index (κ3) is 5.96. The molecule has 0 spiro atoms. The molecule has 0 aromatic heterocycles. The summed E-state index contributed by atoms with van der Waals surface area (Å²) in [6, 6.07) is 7.86. The third-order valence-corrected chi connectivity index (χ3v) is 5.94. The summed E-state index contributed by atoms with van der Waals surface area (Å²) >= 11 is 0. The van der Waals surface area contributed by atoms with Gasteiger partial charge in [-0.25, -0.2) is 4.99 Å². The van der Waals surface area contributed by atoms with Crippen LogP contribution in [0.4, 0.5) is 5.69 Å². The molecule has 8 nitrogen and oxygen atoms in total. The van der Waals surface area contributed by atoms with E-state index in [9.17, 15) is 4.79 Å². The number of aliphatic imine (C=N–C) groups is 1. The highest BCUT2D eigenvalue weighted by atomic mass is 16.5. The van der Waals surface area contributed by atoms with Crippen molar-refractivity contribution in [3.8, 4) is 0 Å². The molecule has 1 aromatic rings. The fraction of sp³-hybridized carbons (Fsp3) is 0.652. The second-order valence-corrected chi connectivity index (χ2v) is 8.27. The molecule has 170 valence electrons. The lowest BCUT2D eigenvalue weighted by Crippen LogP contribution is -2.53. The van der Waals surface area contributed by atoms with E-state index < -0.39 is 0 Å². The molecule has 2 N–H and O–H groups in total. The topological polar surface area (TPSA) is 84.4 Å². The average Bonchev–Trinajstić information content (AvgIpc) is 3.52. The number of carbonyl (C=O) groups excluding carboxylic acids is 1. The zero-order valence-electron chi connectivity index (χ0n) is 18.3. The van der Waals surface area contributed by atoms with E-state index in [1.165, 1.54) is 0 Å². The van der Waals surface area contributed by atoms with Crippen LogP contribution in [-0.4, -0.2) is 74.5 Å². The molecule has 0 radical (unpaired) electrons. The van der Waals surface area contributed by atoms with Crippen LogP contribution in [0.5, 0.6) is 0 Å². The normalized spacial score (nSPS) is 26.8. The Bertz CT molecular complexity index is 760. The average molecular weight is 431 g/mol. The quantitative estimate of drug-likeness (QED) is 0.532. The first-order valence-corrected chi connectivity index (χ1v) is 11.5. The van der Waals surface area contributed by atoms with E-state index in [2.05, 4.69) is 22.5 Å². The Balaban J connectivity index is 1.38. The van der Waals surface area contributed by atoms with Gasteiger partial charge in [0.15, 0.2) is 5.96 Å². The molecule has 3 fully saturated rings. The summed E-state index contributed by atoms with van der Waals surface area (Å²) in [7, 11) is 0. The van der Waals surface area contributed by atoms with E-state index in [1.54, 1.807) is 0 Å². The van der Waals surface area contributed by atoms with Gasteiger partial charge in [-0.2, -0.15) is 0 Å². The lowest BCUT2D eigenvalue weighted by atomic mass is 10.1. The number of nitrogens with zero attached hydrogens (tertiary/aromatic N) is 2. The molecule has 3 aliphatic rings. The van der Waals surface area contributed by atoms with Crippen molar-refractivity contribution in [2.24, 2.45) is 4.99 Å². The molecule has 8 heteroatoms. The van der Waals surface area contributed by atoms with Crippen molar-refractivity contribution in [1.82, 2.24) is 10.2 Å². The summed E-state index contributed by atoms with van der Waals surface area (Å²) < 4.78 is 17.3. The minimum Gasteiger partial charge on any atom is -0.375 e. The summed E-state index contributed by atoms with van der Waals surface area (Å²) in [4.78, 5) is 19.5. The second-order valence-electron chi connectivity index (χ2n) is 8.27. The molecule has 3 atom stereocenters. The van der Waals surface area contributed by atoms with Crippen molar-refractivity contribution < 1.29 is 19.0 Å². The molecule has 0 saturated carbocycles. The van der Waals surface area contributed by atoms with Gasteiger partial charge in [0.25, 0.3) is 5.91 Å². The number of ether oxygens (including phenoxy) is 3. The van der Waals surface area contributed by atoms with Crippen LogP contribution < -0.4 is 10.6 Å². The van der Waals surface area contributed by atoms with Gasteiger partial charge in [-0.05, 0) is 50.3 Å². The van der Waals surface area contributed by atoms with E-state index >= 15 is 0 Å². The molecule has 3 saturated heterocycles. The molecule has 0 aliphatic carbocycles. The van der Waals surface area contributed by atoms with Gasteiger partial charge in [0, 0.05) is 38.5 Å². The van der Waals surface area contributed by atoms with Crippen LogP contribution in [0.25, 0.3) is 0 Å². The largest absolute Gasteiger partial charge is 0.375 e. The number of hydrogen-bond acceptors (Lipinski definition) is 5. The van der Waals surface area contributed by atoms with Crippen molar-refractivity contribution in [2.75, 3.05) is 44.8 Å². The van der Waals surface area contributed by atoms with Crippen molar-refractivity contribution in [2.45, 2.75) is 57.5 Å². The van der Waals surface area contributed by atoms with Crippen LogP contribution in [0.2, 0.25) is 0 Å². The monoisotopic (exact) mass is 430 g/mol. The first-order chi connectivity index (χ1) is 15.2. The van der Waals surface area contributed by atoms with E-state index in [0.29, 0.717) is 19.8 Å². The number of anilines is 1. The number of rotatable bonds is 6. The molecule has 31 heavy (non-hydrogen) atoms. The first-order valence-electron chi connectivity index (χ1n) is 11.5. The molecule has 1 aromatic carbocycles. The molecule has 3 aliphatic heterocycles. The number of morpholine rings is 1. The summed E-state index contributed by atoms with van der Waals surface area (Å²) in [5.74, 6) is 0.822. The maximum absolute atomic E-state index is 12.3. The van der Waals surface area contributed by atoms with Crippen molar-refractivity contribution in [1.29, 1.82) is 0 Å². The highest BCUT2D eigenvalue weighted by Gasteiger charge is 2.32. The predicted molar refractivity (Wildman–Crippen MR) is 119 cm³/mol. The van der Waals surface area contributed by atoms with E-state index in [1.807, 2.05) is 24.3 Å². The van der Waals surface area contributed by atoms with Gasteiger partial charge in [-0.15, -0.1) is 0 Å². The molecular weight excluding hydrogens is 396 g/mol. The third-order valence-electron chi connectivity index (χ3n) is 5.94. The van der Waals surface area contributed by atoms with Crippen LogP contribution in [0, 0.1) is 0 Å². The Morgan fingerprint density at radius 2 is 1.97 bits per heavy atom. The van der Waals surface area contributed by atoms with Crippen molar-refractivity contribution in [3.63, 3.8) is 0 Å². The highest BCUT2D eigenvalue weighted by molar-refractivity contribution is 5.94. The smallest absolute Gasteiger partial charge is 0.253 e. The summed E-state index contributed by atoms with van der Waals surface area (Å²) in [5, 5.41) is 6.38. The molecule has 1 amide bonds. The van der Waals surface area contributed by atoms with Gasteiger partial charge in [0.2, 0.25) is 0 Å². The second kappa shape index (κ2) is 10.9. The van der Waals surface area contributed by atoms with Crippen molar-refractivity contribution >= 4 is 17.6 Å². The predicted octanol–water partition coefficient (Wildman–Crippen LogP) is 2.15. The van der Waals surface area contributed by atoms with Gasteiger partial charge in [-0.3, -0.25) is 4.79 Å². The Hall–Kier alpha value is -2.16. The molecule has 3 heterocycles. The molecular formula is C23H34N4O4. The number of guanidine groups is 1. The van der Waals surface area contributed by atoms with Crippen LogP contribution in [-0.2, 0) is 25.5 Å². The lowest BCUT2D eigenvalue weighted by Gasteiger charge is -2.37. The van der Waals surface area contributed by atoms with E-state index in [4.69, 9.17) is 19.2 Å². The van der Waals surface area contributed by atoms with Gasteiger partial charge in [-0.1, -0.05) is 12.1 Å². The highest BCUT2D eigenvalue weighted by Crippen LogP contribution is 2.21. The molecule has 3 unspecified atom stereocenters. The van der Waals surface area contributed by atoms with Gasteiger partial charge in [0.1, 0.15) is 12.2 Å². The van der Waals surface area contributed by atoms with Crippen LogP contribution in [0.1, 0.15) is 38.2 Å². The summed E-state index contributed by atoms with van der Waals surface area (Å²) in [6.45, 7) is 7.19. The first kappa shape index (κ1) is 22.0. The lowest BCUT2D eigenvalue weighted by molar-refractivity contribution is -0.124. The van der Waals surface area contributed by atoms with E-state index in [-0.39, 0.29) is 24.2 Å². The minimum atomic E-state index is -0.333. The molecule has 4 rings (SSSR count).